The molecule has 22 heavy (non-hydrogen) atoms. The molecule has 1 aliphatic heterocycles. The largest absolute Gasteiger partial charge is 0.486 e. The molecule has 1 unspecified atom stereocenters. The maximum Gasteiger partial charge on any atom is 0.371 e. The van der Waals surface area contributed by atoms with Gasteiger partial charge in [-0.2, -0.15) is 0 Å². The van der Waals surface area contributed by atoms with Crippen LogP contribution in [-0.2, 0) is 6.61 Å². The average molecular weight is 301 g/mol. The third-order valence-electron chi connectivity index (χ3n) is 3.90. The zero-order valence-corrected chi connectivity index (χ0v) is 12.2. The number of aromatic carboxylic acids is 1. The van der Waals surface area contributed by atoms with E-state index >= 15 is 0 Å². The highest BCUT2D eigenvalue weighted by molar-refractivity contribution is 5.84. The topological polar surface area (TPSA) is 71.7 Å². The van der Waals surface area contributed by atoms with Crippen LogP contribution in [-0.4, -0.2) is 24.2 Å². The van der Waals surface area contributed by atoms with Crippen LogP contribution in [0.4, 0.5) is 0 Å². The summed E-state index contributed by atoms with van der Waals surface area (Å²) in [6.07, 6.45) is 2.44. The molecule has 5 heteroatoms. The van der Waals surface area contributed by atoms with Gasteiger partial charge in [-0.3, -0.25) is 0 Å². The first kappa shape index (κ1) is 14.7. The highest BCUT2D eigenvalue weighted by Crippen LogP contribution is 2.25. The fourth-order valence-corrected chi connectivity index (χ4v) is 2.70. The number of ether oxygens (including phenoxy) is 1. The van der Waals surface area contributed by atoms with Crippen molar-refractivity contribution in [1.82, 2.24) is 5.32 Å². The molecule has 2 N–H and O–H groups in total. The number of piperidine rings is 1. The summed E-state index contributed by atoms with van der Waals surface area (Å²) in [6.45, 7) is 2.36. The van der Waals surface area contributed by atoms with Crippen molar-refractivity contribution in [3.63, 3.8) is 0 Å². The van der Waals surface area contributed by atoms with Crippen molar-refractivity contribution < 1.29 is 19.1 Å². The van der Waals surface area contributed by atoms with Crippen LogP contribution in [0, 0.1) is 0 Å². The zero-order chi connectivity index (χ0) is 15.4. The van der Waals surface area contributed by atoms with Crippen LogP contribution in [0.1, 0.15) is 40.6 Å². The van der Waals surface area contributed by atoms with E-state index in [-0.39, 0.29) is 12.4 Å². The molecule has 1 saturated heterocycles. The minimum absolute atomic E-state index is 0.0706. The second-order valence-corrected chi connectivity index (χ2v) is 5.47. The molecule has 3 rings (SSSR count). The van der Waals surface area contributed by atoms with Gasteiger partial charge in [0.2, 0.25) is 5.76 Å². The zero-order valence-electron chi connectivity index (χ0n) is 12.2. The Balaban J connectivity index is 1.57. The number of carbonyl (C=O) groups is 1. The second kappa shape index (κ2) is 6.66. The van der Waals surface area contributed by atoms with Gasteiger partial charge in [-0.1, -0.05) is 12.1 Å². The molecule has 0 saturated carbocycles. The van der Waals surface area contributed by atoms with Gasteiger partial charge in [-0.15, -0.1) is 0 Å². The molecule has 0 aliphatic carbocycles. The van der Waals surface area contributed by atoms with Crippen molar-refractivity contribution in [2.45, 2.75) is 25.4 Å². The average Bonchev–Trinajstić information content (AvgIpc) is 3.04. The van der Waals surface area contributed by atoms with E-state index in [1.54, 1.807) is 6.07 Å². The van der Waals surface area contributed by atoms with Gasteiger partial charge in [0.25, 0.3) is 0 Å². The Bertz CT molecular complexity index is 626. The number of nitrogens with one attached hydrogen (secondary N) is 1. The SMILES string of the molecule is O=C(O)c1ccc(COc2ccc(C3CCCNC3)cc2)o1. The van der Waals surface area contributed by atoms with Crippen molar-refractivity contribution in [3.05, 3.63) is 53.5 Å². The maximum absolute atomic E-state index is 10.7. The standard InChI is InChI=1S/C17H19NO4/c19-17(20)16-8-7-15(22-16)11-21-14-5-3-12(4-6-14)13-2-1-9-18-10-13/h3-8,13,18H,1-2,9-11H2,(H,19,20). The van der Waals surface area contributed by atoms with Crippen LogP contribution in [0.15, 0.2) is 40.8 Å². The first-order chi connectivity index (χ1) is 10.7. The molecule has 0 spiro atoms. The maximum atomic E-state index is 10.7. The lowest BCUT2D eigenvalue weighted by Gasteiger charge is -2.23. The number of carboxylic acid groups (broad SMARTS) is 1. The highest BCUT2D eigenvalue weighted by atomic mass is 16.5. The van der Waals surface area contributed by atoms with Crippen LogP contribution in [0.3, 0.4) is 0 Å². The van der Waals surface area contributed by atoms with E-state index in [0.717, 1.165) is 18.8 Å². The molecule has 2 aromatic rings. The van der Waals surface area contributed by atoms with Gasteiger partial charge in [0.1, 0.15) is 18.1 Å². The second-order valence-electron chi connectivity index (χ2n) is 5.47. The Morgan fingerprint density at radius 1 is 1.27 bits per heavy atom. The monoisotopic (exact) mass is 301 g/mol. The van der Waals surface area contributed by atoms with Crippen LogP contribution < -0.4 is 10.1 Å². The van der Waals surface area contributed by atoms with E-state index in [2.05, 4.69) is 17.4 Å². The van der Waals surface area contributed by atoms with Crippen LogP contribution in [0.5, 0.6) is 5.75 Å². The van der Waals surface area contributed by atoms with Gasteiger partial charge >= 0.3 is 5.97 Å². The fourth-order valence-electron chi connectivity index (χ4n) is 2.70. The minimum Gasteiger partial charge on any atom is -0.486 e. The quantitative estimate of drug-likeness (QED) is 0.888. The normalized spacial score (nSPS) is 18.1. The molecule has 2 heterocycles. The first-order valence-electron chi connectivity index (χ1n) is 7.48. The summed E-state index contributed by atoms with van der Waals surface area (Å²) in [5.74, 6) is 0.681. The van der Waals surface area contributed by atoms with Gasteiger partial charge in [0.15, 0.2) is 0 Å². The molecule has 116 valence electrons. The molecule has 0 radical (unpaired) electrons. The van der Waals surface area contributed by atoms with Crippen molar-refractivity contribution in [2.24, 2.45) is 0 Å². The van der Waals surface area contributed by atoms with E-state index in [1.807, 2.05) is 12.1 Å². The number of carboxylic acids is 1. The lowest BCUT2D eigenvalue weighted by molar-refractivity contribution is 0.0658. The lowest BCUT2D eigenvalue weighted by Crippen LogP contribution is -2.28. The summed E-state index contributed by atoms with van der Waals surface area (Å²) in [7, 11) is 0. The number of furan rings is 1. The third kappa shape index (κ3) is 3.49. The Morgan fingerprint density at radius 2 is 2.09 bits per heavy atom. The Morgan fingerprint density at radius 3 is 2.73 bits per heavy atom. The predicted molar refractivity (Wildman–Crippen MR) is 81.3 cm³/mol. The number of hydrogen-bond acceptors (Lipinski definition) is 4. The molecular weight excluding hydrogens is 282 g/mol. The van der Waals surface area contributed by atoms with Gasteiger partial charge in [0.05, 0.1) is 0 Å². The van der Waals surface area contributed by atoms with E-state index in [1.165, 1.54) is 24.5 Å². The van der Waals surface area contributed by atoms with Gasteiger partial charge in [-0.25, -0.2) is 4.79 Å². The first-order valence-corrected chi connectivity index (χ1v) is 7.48. The lowest BCUT2D eigenvalue weighted by atomic mass is 9.92. The van der Waals surface area contributed by atoms with E-state index < -0.39 is 5.97 Å². The Labute approximate surface area is 128 Å². The number of benzene rings is 1. The number of hydrogen-bond donors (Lipinski definition) is 2. The van der Waals surface area contributed by atoms with Gasteiger partial charge in [-0.05, 0) is 55.1 Å². The smallest absolute Gasteiger partial charge is 0.371 e. The molecule has 1 aliphatic rings. The summed E-state index contributed by atoms with van der Waals surface area (Å²) in [4.78, 5) is 10.7. The van der Waals surface area contributed by atoms with E-state index in [9.17, 15) is 4.79 Å². The molecule has 0 bridgehead atoms. The summed E-state index contributed by atoms with van der Waals surface area (Å²) in [5.41, 5.74) is 1.32. The van der Waals surface area contributed by atoms with Crippen LogP contribution >= 0.6 is 0 Å². The van der Waals surface area contributed by atoms with Crippen molar-refractivity contribution in [2.75, 3.05) is 13.1 Å². The van der Waals surface area contributed by atoms with Gasteiger partial charge < -0.3 is 19.6 Å². The van der Waals surface area contributed by atoms with Crippen LogP contribution in [0.2, 0.25) is 0 Å². The molecule has 1 aromatic heterocycles. The third-order valence-corrected chi connectivity index (χ3v) is 3.90. The predicted octanol–water partition coefficient (Wildman–Crippen LogP) is 3.02. The number of rotatable bonds is 5. The fraction of sp³-hybridized carbons (Fsp3) is 0.353. The van der Waals surface area contributed by atoms with E-state index in [0.29, 0.717) is 11.7 Å². The summed E-state index contributed by atoms with van der Waals surface area (Å²) < 4.78 is 10.8. The molecule has 1 atom stereocenters. The summed E-state index contributed by atoms with van der Waals surface area (Å²) in [5, 5.41) is 12.2. The van der Waals surface area contributed by atoms with Crippen molar-refractivity contribution >= 4 is 5.97 Å². The molecular formula is C17H19NO4. The van der Waals surface area contributed by atoms with Gasteiger partial charge in [0, 0.05) is 6.54 Å². The van der Waals surface area contributed by atoms with Crippen molar-refractivity contribution in [3.8, 4) is 5.75 Å². The summed E-state index contributed by atoms with van der Waals surface area (Å²) in [6, 6.07) is 11.1. The Kier molecular flexibility index (Phi) is 4.44. The van der Waals surface area contributed by atoms with E-state index in [4.69, 9.17) is 14.3 Å². The highest BCUT2D eigenvalue weighted by Gasteiger charge is 2.15. The Hall–Kier alpha value is -2.27. The minimum atomic E-state index is -1.07. The van der Waals surface area contributed by atoms with Crippen molar-refractivity contribution in [1.29, 1.82) is 0 Å². The molecule has 1 aromatic carbocycles. The molecule has 5 nitrogen and oxygen atoms in total. The molecule has 1 fully saturated rings. The molecule has 0 amide bonds. The van der Waals surface area contributed by atoms with Crippen LogP contribution in [0.25, 0.3) is 0 Å². The summed E-state index contributed by atoms with van der Waals surface area (Å²) >= 11 is 0.